The van der Waals surface area contributed by atoms with Crippen molar-refractivity contribution in [2.45, 2.75) is 77.7 Å². The number of likely N-dealkylation sites (tertiary alicyclic amines) is 1. The van der Waals surface area contributed by atoms with Crippen LogP contribution in [0.3, 0.4) is 0 Å². The Morgan fingerprint density at radius 1 is 1.24 bits per heavy atom. The molecular weight excluding hydrogens is 312 g/mol. The van der Waals surface area contributed by atoms with Crippen LogP contribution in [0.25, 0.3) is 0 Å². The number of nitrogens with zero attached hydrogens (tertiary/aromatic N) is 2. The topological polar surface area (TPSA) is 56.7 Å². The number of hydrogen-bond donors (Lipinski definition) is 2. The molecule has 142 valence electrons. The molecule has 2 rings (SSSR count). The van der Waals surface area contributed by atoms with Crippen LogP contribution in [0.15, 0.2) is 16.6 Å². The first-order valence-electron chi connectivity index (χ1n) is 10.2. The summed E-state index contributed by atoms with van der Waals surface area (Å²) < 4.78 is 0. The SMILES string of the molecule is CCNC(=NCCC(CC)N1CCCC1=O)NCCC1=CCCCC1. The molecule has 2 aliphatic rings. The van der Waals surface area contributed by atoms with Gasteiger partial charge in [0.05, 0.1) is 0 Å². The number of guanidine groups is 1. The Bertz CT molecular complexity index is 472. The summed E-state index contributed by atoms with van der Waals surface area (Å²) in [6, 6.07) is 0.342. The van der Waals surface area contributed by atoms with Crippen molar-refractivity contribution in [1.29, 1.82) is 0 Å². The molecule has 0 aromatic carbocycles. The van der Waals surface area contributed by atoms with Crippen LogP contribution >= 0.6 is 0 Å². The summed E-state index contributed by atoms with van der Waals surface area (Å²) in [5.74, 6) is 1.23. The van der Waals surface area contributed by atoms with Gasteiger partial charge in [0.25, 0.3) is 0 Å². The van der Waals surface area contributed by atoms with Crippen molar-refractivity contribution >= 4 is 11.9 Å². The molecule has 1 atom stereocenters. The van der Waals surface area contributed by atoms with Crippen LogP contribution in [0.5, 0.6) is 0 Å². The minimum absolute atomic E-state index is 0.321. The summed E-state index contributed by atoms with van der Waals surface area (Å²) in [5, 5.41) is 6.78. The normalized spacial score (nSPS) is 19.8. The molecule has 0 radical (unpaired) electrons. The van der Waals surface area contributed by atoms with Crippen molar-refractivity contribution in [1.82, 2.24) is 15.5 Å². The average Bonchev–Trinajstić information content (AvgIpc) is 3.05. The fourth-order valence-corrected chi connectivity index (χ4v) is 3.78. The van der Waals surface area contributed by atoms with E-state index in [9.17, 15) is 4.79 Å². The lowest BCUT2D eigenvalue weighted by atomic mass is 9.97. The van der Waals surface area contributed by atoms with E-state index >= 15 is 0 Å². The van der Waals surface area contributed by atoms with Gasteiger partial charge in [0.1, 0.15) is 0 Å². The molecule has 5 nitrogen and oxygen atoms in total. The second-order valence-electron chi connectivity index (χ2n) is 7.09. The summed E-state index contributed by atoms with van der Waals surface area (Å²) in [7, 11) is 0. The number of aliphatic imine (C=N–C) groups is 1. The quantitative estimate of drug-likeness (QED) is 0.382. The van der Waals surface area contributed by atoms with Gasteiger partial charge in [-0.15, -0.1) is 0 Å². The molecule has 0 spiro atoms. The summed E-state index contributed by atoms with van der Waals surface area (Å²) in [4.78, 5) is 18.7. The zero-order valence-corrected chi connectivity index (χ0v) is 16.1. The standard InChI is InChI=1S/C20H36N4O/c1-3-18(24-16-8-11-19(24)25)13-15-23-20(21-4-2)22-14-12-17-9-6-5-7-10-17/h9,18H,3-8,10-16H2,1-2H3,(H2,21,22,23). The van der Waals surface area contributed by atoms with Gasteiger partial charge in [0.2, 0.25) is 5.91 Å². The van der Waals surface area contributed by atoms with Crippen LogP contribution in [0.2, 0.25) is 0 Å². The molecule has 0 aromatic rings. The second-order valence-corrected chi connectivity index (χ2v) is 7.09. The zero-order valence-electron chi connectivity index (χ0n) is 16.1. The molecule has 1 unspecified atom stereocenters. The first kappa shape index (κ1) is 19.8. The number of amides is 1. The average molecular weight is 349 g/mol. The van der Waals surface area contributed by atoms with Crippen LogP contribution in [-0.2, 0) is 4.79 Å². The Balaban J connectivity index is 1.75. The van der Waals surface area contributed by atoms with Crippen LogP contribution < -0.4 is 10.6 Å². The largest absolute Gasteiger partial charge is 0.357 e. The van der Waals surface area contributed by atoms with Crippen molar-refractivity contribution in [3.05, 3.63) is 11.6 Å². The van der Waals surface area contributed by atoms with E-state index < -0.39 is 0 Å². The van der Waals surface area contributed by atoms with Crippen molar-refractivity contribution < 1.29 is 4.79 Å². The minimum Gasteiger partial charge on any atom is -0.357 e. The Hall–Kier alpha value is -1.52. The lowest BCUT2D eigenvalue weighted by Gasteiger charge is -2.26. The molecule has 1 heterocycles. The van der Waals surface area contributed by atoms with E-state index in [1.165, 1.54) is 25.7 Å². The van der Waals surface area contributed by atoms with E-state index in [1.807, 2.05) is 0 Å². The predicted molar refractivity (Wildman–Crippen MR) is 105 cm³/mol. The third kappa shape index (κ3) is 6.71. The number of rotatable bonds is 9. The van der Waals surface area contributed by atoms with Crippen molar-refractivity contribution in [2.24, 2.45) is 4.99 Å². The smallest absolute Gasteiger partial charge is 0.222 e. The van der Waals surface area contributed by atoms with E-state index in [2.05, 4.69) is 35.5 Å². The maximum atomic E-state index is 11.9. The van der Waals surface area contributed by atoms with Gasteiger partial charge in [-0.25, -0.2) is 0 Å². The van der Waals surface area contributed by atoms with Gasteiger partial charge in [0.15, 0.2) is 5.96 Å². The fraction of sp³-hybridized carbons (Fsp3) is 0.800. The number of allylic oxidation sites excluding steroid dienone is 1. The Morgan fingerprint density at radius 2 is 2.12 bits per heavy atom. The molecule has 5 heteroatoms. The monoisotopic (exact) mass is 348 g/mol. The van der Waals surface area contributed by atoms with Crippen molar-refractivity contribution in [3.8, 4) is 0 Å². The van der Waals surface area contributed by atoms with Gasteiger partial charge in [-0.1, -0.05) is 18.6 Å². The number of carbonyl (C=O) groups is 1. The number of carbonyl (C=O) groups excluding carboxylic acids is 1. The fourth-order valence-electron chi connectivity index (χ4n) is 3.78. The summed E-state index contributed by atoms with van der Waals surface area (Å²) in [6.45, 7) is 7.77. The minimum atomic E-state index is 0.321. The molecule has 1 fully saturated rings. The Labute approximate surface area is 153 Å². The molecule has 0 saturated carbocycles. The highest BCUT2D eigenvalue weighted by Gasteiger charge is 2.26. The van der Waals surface area contributed by atoms with E-state index in [0.717, 1.165) is 64.2 Å². The molecule has 25 heavy (non-hydrogen) atoms. The van der Waals surface area contributed by atoms with Crippen molar-refractivity contribution in [2.75, 3.05) is 26.2 Å². The number of hydrogen-bond acceptors (Lipinski definition) is 2. The van der Waals surface area contributed by atoms with E-state index in [0.29, 0.717) is 11.9 Å². The number of nitrogens with one attached hydrogen (secondary N) is 2. The molecule has 1 aliphatic heterocycles. The molecule has 1 amide bonds. The van der Waals surface area contributed by atoms with Gasteiger partial charge in [-0.3, -0.25) is 9.79 Å². The van der Waals surface area contributed by atoms with Crippen LogP contribution in [0.1, 0.15) is 71.6 Å². The summed E-state index contributed by atoms with van der Waals surface area (Å²) in [5.41, 5.74) is 1.59. The third-order valence-electron chi connectivity index (χ3n) is 5.22. The van der Waals surface area contributed by atoms with Gasteiger partial charge in [-0.05, 0) is 58.3 Å². The molecule has 2 N–H and O–H groups in total. The highest BCUT2D eigenvalue weighted by atomic mass is 16.2. The first-order chi connectivity index (χ1) is 12.2. The van der Waals surface area contributed by atoms with Gasteiger partial charge < -0.3 is 15.5 Å². The molecule has 0 bridgehead atoms. The summed E-state index contributed by atoms with van der Waals surface area (Å²) in [6.07, 6.45) is 12.4. The van der Waals surface area contributed by atoms with E-state index in [1.54, 1.807) is 5.57 Å². The first-order valence-corrected chi connectivity index (χ1v) is 10.2. The highest BCUT2D eigenvalue weighted by Crippen LogP contribution is 2.19. The van der Waals surface area contributed by atoms with Crippen LogP contribution in [0.4, 0.5) is 0 Å². The molecule has 1 aliphatic carbocycles. The van der Waals surface area contributed by atoms with Crippen LogP contribution in [-0.4, -0.2) is 49.0 Å². The maximum Gasteiger partial charge on any atom is 0.222 e. The van der Waals surface area contributed by atoms with Crippen LogP contribution in [0, 0.1) is 0 Å². The molecular formula is C20H36N4O. The second kappa shape index (κ2) is 11.2. The maximum absolute atomic E-state index is 11.9. The lowest BCUT2D eigenvalue weighted by molar-refractivity contribution is -0.129. The van der Waals surface area contributed by atoms with Gasteiger partial charge >= 0.3 is 0 Å². The highest BCUT2D eigenvalue weighted by molar-refractivity contribution is 5.80. The Morgan fingerprint density at radius 3 is 2.76 bits per heavy atom. The summed E-state index contributed by atoms with van der Waals surface area (Å²) >= 11 is 0. The zero-order chi connectivity index (χ0) is 17.9. The lowest BCUT2D eigenvalue weighted by Crippen LogP contribution is -2.39. The van der Waals surface area contributed by atoms with E-state index in [4.69, 9.17) is 4.99 Å². The molecule has 1 saturated heterocycles. The van der Waals surface area contributed by atoms with E-state index in [-0.39, 0.29) is 0 Å². The predicted octanol–water partition coefficient (Wildman–Crippen LogP) is 3.22. The third-order valence-corrected chi connectivity index (χ3v) is 5.22. The van der Waals surface area contributed by atoms with Crippen molar-refractivity contribution in [3.63, 3.8) is 0 Å². The van der Waals surface area contributed by atoms with Gasteiger partial charge in [-0.2, -0.15) is 0 Å². The molecule has 0 aromatic heterocycles. The van der Waals surface area contributed by atoms with Gasteiger partial charge in [0, 0.05) is 38.6 Å². The Kier molecular flexibility index (Phi) is 8.84.